The fraction of sp³-hybridized carbons (Fsp3) is 0.286. The quantitative estimate of drug-likeness (QED) is 0.0337. The van der Waals surface area contributed by atoms with Crippen LogP contribution < -0.4 is 50.4 Å². The molecular weight excluding hydrogens is 758 g/mol. The second kappa shape index (κ2) is 22.3. The van der Waals surface area contributed by atoms with Crippen LogP contribution in [0.5, 0.6) is 0 Å². The summed E-state index contributed by atoms with van der Waals surface area (Å²) in [7, 11) is 0. The van der Waals surface area contributed by atoms with Crippen LogP contribution in [0.2, 0.25) is 5.02 Å². The van der Waals surface area contributed by atoms with Crippen LogP contribution in [-0.4, -0.2) is 72.8 Å². The maximum atomic E-state index is 14.0. The lowest BCUT2D eigenvalue weighted by Gasteiger charge is -2.26. The van der Waals surface area contributed by atoms with Gasteiger partial charge in [-0.15, -0.1) is 0 Å². The van der Waals surface area contributed by atoms with Crippen molar-refractivity contribution in [2.45, 2.75) is 62.7 Å². The van der Waals surface area contributed by atoms with Crippen LogP contribution in [-0.2, 0) is 32.0 Å². The van der Waals surface area contributed by atoms with Crippen LogP contribution in [0.3, 0.4) is 0 Å². The van der Waals surface area contributed by atoms with Gasteiger partial charge in [0.2, 0.25) is 23.6 Å². The molecule has 16 heteroatoms. The van der Waals surface area contributed by atoms with Gasteiger partial charge in [0.1, 0.15) is 18.1 Å². The van der Waals surface area contributed by atoms with Gasteiger partial charge in [-0.05, 0) is 77.6 Å². The zero-order chi connectivity index (χ0) is 42.0. The van der Waals surface area contributed by atoms with Crippen molar-refractivity contribution in [3.05, 3.63) is 119 Å². The second-order valence-electron chi connectivity index (χ2n) is 13.8. The van der Waals surface area contributed by atoms with Gasteiger partial charge in [-0.25, -0.2) is 0 Å². The Morgan fingerprint density at radius 2 is 0.931 bits per heavy atom. The van der Waals surface area contributed by atoms with Crippen LogP contribution in [0, 0.1) is 0 Å². The SMILES string of the molecule is NC(=O)[C@H](CCCN=C(N)N)NC(=O)[C@H](Cc1ccc(-c2ccccc2)cc1)NC(=O)[C@H](CCCN=C(N)N)NC(=O)[C@@H](N)Cc1ccc(-c2ccc(Cl)cc2)cc1. The summed E-state index contributed by atoms with van der Waals surface area (Å²) in [6, 6.07) is 28.0. The van der Waals surface area contributed by atoms with Crippen molar-refractivity contribution < 1.29 is 19.2 Å². The maximum Gasteiger partial charge on any atom is 0.243 e. The number of rotatable bonds is 21. The Bertz CT molecular complexity index is 2020. The number of halogens is 1. The number of carbonyl (C=O) groups excluding carboxylic acids is 4. The molecule has 0 aliphatic carbocycles. The first-order chi connectivity index (χ1) is 27.8. The first kappa shape index (κ1) is 44.3. The van der Waals surface area contributed by atoms with E-state index in [0.29, 0.717) is 17.9 Å². The molecule has 4 atom stereocenters. The van der Waals surface area contributed by atoms with E-state index < -0.39 is 47.8 Å². The number of nitrogens with two attached hydrogens (primary N) is 6. The molecule has 0 spiro atoms. The average molecular weight is 810 g/mol. The van der Waals surface area contributed by atoms with Gasteiger partial charge in [0.25, 0.3) is 0 Å². The van der Waals surface area contributed by atoms with Gasteiger partial charge in [0, 0.05) is 24.5 Å². The molecule has 4 aromatic rings. The van der Waals surface area contributed by atoms with Crippen LogP contribution in [0.1, 0.15) is 36.8 Å². The van der Waals surface area contributed by atoms with Crippen molar-refractivity contribution in [2.24, 2.45) is 44.4 Å². The molecule has 0 aliphatic heterocycles. The third-order valence-electron chi connectivity index (χ3n) is 9.24. The van der Waals surface area contributed by atoms with E-state index in [9.17, 15) is 19.2 Å². The molecule has 15 nitrogen and oxygen atoms in total. The predicted molar refractivity (Wildman–Crippen MR) is 229 cm³/mol. The Kier molecular flexibility index (Phi) is 17.0. The molecule has 0 fully saturated rings. The summed E-state index contributed by atoms with van der Waals surface area (Å²) in [4.78, 5) is 61.8. The topological polar surface area (TPSA) is 285 Å². The van der Waals surface area contributed by atoms with Crippen molar-refractivity contribution in [2.75, 3.05) is 13.1 Å². The molecule has 0 aliphatic rings. The predicted octanol–water partition coefficient (Wildman–Crippen LogP) is 1.83. The molecule has 4 amide bonds. The number of aliphatic imine (C=N–C) groups is 2. The molecule has 0 saturated carbocycles. The Morgan fingerprint density at radius 3 is 1.43 bits per heavy atom. The molecule has 0 saturated heterocycles. The highest BCUT2D eigenvalue weighted by molar-refractivity contribution is 6.30. The largest absolute Gasteiger partial charge is 0.370 e. The second-order valence-corrected chi connectivity index (χ2v) is 14.2. The fourth-order valence-corrected chi connectivity index (χ4v) is 6.24. The summed E-state index contributed by atoms with van der Waals surface area (Å²) in [6.45, 7) is 0.403. The number of guanidine groups is 2. The lowest BCUT2D eigenvalue weighted by molar-refractivity contribution is -0.133. The van der Waals surface area contributed by atoms with E-state index in [1.165, 1.54) is 0 Å². The van der Waals surface area contributed by atoms with Crippen molar-refractivity contribution in [1.82, 2.24) is 16.0 Å². The van der Waals surface area contributed by atoms with Crippen molar-refractivity contribution in [3.8, 4) is 22.3 Å². The summed E-state index contributed by atoms with van der Waals surface area (Å²) in [5.41, 5.74) is 39.3. The molecule has 0 unspecified atom stereocenters. The van der Waals surface area contributed by atoms with E-state index in [1.54, 1.807) is 0 Å². The van der Waals surface area contributed by atoms with Gasteiger partial charge in [-0.1, -0.05) is 103 Å². The Morgan fingerprint density at radius 1 is 0.517 bits per heavy atom. The summed E-state index contributed by atoms with van der Waals surface area (Å²) >= 11 is 6.03. The lowest BCUT2D eigenvalue weighted by Crippen LogP contribution is -2.58. The minimum absolute atomic E-state index is 0.0479. The number of hydrogen-bond donors (Lipinski definition) is 9. The molecule has 306 valence electrons. The highest BCUT2D eigenvalue weighted by Crippen LogP contribution is 2.23. The van der Waals surface area contributed by atoms with Gasteiger partial charge in [-0.3, -0.25) is 29.2 Å². The van der Waals surface area contributed by atoms with Crippen molar-refractivity contribution >= 4 is 47.1 Å². The van der Waals surface area contributed by atoms with Crippen LogP contribution >= 0.6 is 11.6 Å². The van der Waals surface area contributed by atoms with Gasteiger partial charge in [-0.2, -0.15) is 0 Å². The molecule has 0 aromatic heterocycles. The van der Waals surface area contributed by atoms with Gasteiger partial charge in [0.05, 0.1) is 6.04 Å². The number of nitrogens with one attached hydrogen (secondary N) is 3. The normalized spacial score (nSPS) is 12.9. The molecule has 0 heterocycles. The minimum Gasteiger partial charge on any atom is -0.370 e. The number of amides is 4. The lowest BCUT2D eigenvalue weighted by atomic mass is 9.99. The fourth-order valence-electron chi connectivity index (χ4n) is 6.12. The Hall–Kier alpha value is -6.45. The summed E-state index contributed by atoms with van der Waals surface area (Å²) in [5, 5.41) is 8.88. The zero-order valence-corrected chi connectivity index (χ0v) is 32.9. The Labute approximate surface area is 343 Å². The van der Waals surface area contributed by atoms with Gasteiger partial charge in [0.15, 0.2) is 11.9 Å². The molecule has 4 rings (SSSR count). The number of benzene rings is 4. The number of hydrogen-bond acceptors (Lipinski definition) is 7. The van der Waals surface area contributed by atoms with E-state index in [1.807, 2.05) is 103 Å². The first-order valence-electron chi connectivity index (χ1n) is 18.8. The van der Waals surface area contributed by atoms with E-state index in [2.05, 4.69) is 25.9 Å². The average Bonchev–Trinajstić information content (AvgIpc) is 3.20. The van der Waals surface area contributed by atoms with E-state index >= 15 is 0 Å². The zero-order valence-electron chi connectivity index (χ0n) is 32.2. The van der Waals surface area contributed by atoms with Crippen LogP contribution in [0.15, 0.2) is 113 Å². The Balaban J connectivity index is 1.52. The molecule has 15 N–H and O–H groups in total. The van der Waals surface area contributed by atoms with E-state index in [0.717, 1.165) is 33.4 Å². The van der Waals surface area contributed by atoms with Crippen LogP contribution in [0.4, 0.5) is 0 Å². The molecule has 58 heavy (non-hydrogen) atoms. The summed E-state index contributed by atoms with van der Waals surface area (Å²) in [6.07, 6.45) is 1.17. The van der Waals surface area contributed by atoms with Gasteiger partial charge < -0.3 is 50.4 Å². The van der Waals surface area contributed by atoms with E-state index in [-0.39, 0.29) is 50.7 Å². The van der Waals surface area contributed by atoms with Crippen molar-refractivity contribution in [1.29, 1.82) is 0 Å². The standard InChI is InChI=1S/C42H52ClN11O4/c43-32-20-18-31(19-21-32)30-14-10-26(11-15-30)24-33(44)38(56)53-35(9-5-23-51-42(48)49)39(57)54-36(40(58)52-34(37(45)55)8-4-22-50-41(46)47)25-27-12-16-29(17-13-27)28-6-2-1-3-7-28/h1-3,6-7,10-21,33-36H,4-5,8-9,22-25,44H2,(H2,45,55)(H,52,58)(H,53,56)(H,54,57)(H4,46,47,50)(H4,48,49,51)/t33-,34-,35-,36-/m0/s1. The smallest absolute Gasteiger partial charge is 0.243 e. The van der Waals surface area contributed by atoms with Crippen LogP contribution in [0.25, 0.3) is 22.3 Å². The highest BCUT2D eigenvalue weighted by atomic mass is 35.5. The number of primary amides is 1. The molecular formula is C42H52ClN11O4. The van der Waals surface area contributed by atoms with Crippen molar-refractivity contribution in [3.63, 3.8) is 0 Å². The van der Waals surface area contributed by atoms with Gasteiger partial charge >= 0.3 is 0 Å². The highest BCUT2D eigenvalue weighted by Gasteiger charge is 2.30. The minimum atomic E-state index is -1.18. The van der Waals surface area contributed by atoms with E-state index in [4.69, 9.17) is 46.0 Å². The number of carbonyl (C=O) groups is 4. The summed E-state index contributed by atoms with van der Waals surface area (Å²) in [5.74, 6) is -2.88. The molecule has 4 aromatic carbocycles. The summed E-state index contributed by atoms with van der Waals surface area (Å²) < 4.78 is 0. The molecule has 0 bridgehead atoms. The molecule has 0 radical (unpaired) electrons. The monoisotopic (exact) mass is 809 g/mol. The third kappa shape index (κ3) is 14.6. The number of nitrogens with zero attached hydrogens (tertiary/aromatic N) is 2. The maximum absolute atomic E-state index is 14.0. The third-order valence-corrected chi connectivity index (χ3v) is 9.49. The first-order valence-corrected chi connectivity index (χ1v) is 19.2.